The minimum absolute atomic E-state index is 0.0724. The van der Waals surface area contributed by atoms with Gasteiger partial charge in [-0.25, -0.2) is 0 Å². The van der Waals surface area contributed by atoms with Gasteiger partial charge in [0.2, 0.25) is 5.91 Å². The molecule has 0 aliphatic carbocycles. The Labute approximate surface area is 115 Å². The first-order chi connectivity index (χ1) is 9.52. The summed E-state index contributed by atoms with van der Waals surface area (Å²) >= 11 is 0. The number of ether oxygens (including phenoxy) is 1. The third kappa shape index (κ3) is 2.67. The highest BCUT2D eigenvalue weighted by molar-refractivity contribution is 6.11. The molecule has 1 atom stereocenters. The zero-order valence-corrected chi connectivity index (χ0v) is 10.8. The van der Waals surface area contributed by atoms with Crippen LogP contribution in [0.4, 0.5) is 0 Å². The topological polar surface area (TPSA) is 87.5 Å². The summed E-state index contributed by atoms with van der Waals surface area (Å²) in [6, 6.07) is 8.50. The minimum atomic E-state index is -0.912. The zero-order valence-electron chi connectivity index (χ0n) is 10.8. The molecule has 0 bridgehead atoms. The van der Waals surface area contributed by atoms with E-state index in [0.29, 0.717) is 11.1 Å². The lowest BCUT2D eigenvalue weighted by atomic mass is 9.98. The smallest absolute Gasteiger partial charge is 0.327 e. The predicted octanol–water partition coefficient (Wildman–Crippen LogP) is 0.667. The fourth-order valence-electron chi connectivity index (χ4n) is 1.95. The fraction of sp³-hybridized carbons (Fsp3) is 0.286. The molecule has 1 aliphatic rings. The van der Waals surface area contributed by atoms with Crippen LogP contribution in [0, 0.1) is 11.3 Å². The van der Waals surface area contributed by atoms with Crippen molar-refractivity contribution in [2.75, 3.05) is 6.54 Å². The first-order valence-corrected chi connectivity index (χ1v) is 6.04. The van der Waals surface area contributed by atoms with Gasteiger partial charge in [0.1, 0.15) is 12.6 Å². The van der Waals surface area contributed by atoms with Gasteiger partial charge in [-0.1, -0.05) is 18.2 Å². The van der Waals surface area contributed by atoms with Crippen molar-refractivity contribution in [3.8, 4) is 6.07 Å². The van der Waals surface area contributed by atoms with E-state index in [9.17, 15) is 14.4 Å². The van der Waals surface area contributed by atoms with E-state index in [4.69, 9.17) is 10.00 Å². The lowest BCUT2D eigenvalue weighted by molar-refractivity contribution is -0.149. The van der Waals surface area contributed by atoms with Gasteiger partial charge in [0.05, 0.1) is 6.42 Å². The van der Waals surface area contributed by atoms with Gasteiger partial charge in [-0.05, 0) is 18.6 Å². The van der Waals surface area contributed by atoms with Gasteiger partial charge in [0.25, 0.3) is 5.91 Å². The molecule has 0 N–H and O–H groups in total. The van der Waals surface area contributed by atoms with Crippen molar-refractivity contribution in [1.29, 1.82) is 5.26 Å². The molecule has 0 fully saturated rings. The minimum Gasteiger partial charge on any atom is -0.446 e. The number of fused-ring (bicyclic) bond motifs is 1. The summed E-state index contributed by atoms with van der Waals surface area (Å²) in [7, 11) is 0. The molecule has 1 aromatic carbocycles. The molecule has 6 heteroatoms. The molecule has 102 valence electrons. The van der Waals surface area contributed by atoms with Crippen LogP contribution in [-0.4, -0.2) is 35.3 Å². The number of amides is 2. The Kier molecular flexibility index (Phi) is 3.80. The Balaban J connectivity index is 2.14. The van der Waals surface area contributed by atoms with Crippen LogP contribution in [0.2, 0.25) is 0 Å². The Morgan fingerprint density at radius 2 is 2.15 bits per heavy atom. The summed E-state index contributed by atoms with van der Waals surface area (Å²) in [5, 5.41) is 8.55. The third-order valence-electron chi connectivity index (χ3n) is 2.91. The molecular formula is C14H12N2O4. The second-order valence-corrected chi connectivity index (χ2v) is 4.38. The van der Waals surface area contributed by atoms with Crippen LogP contribution in [0.1, 0.15) is 22.8 Å². The second kappa shape index (κ2) is 5.53. The second-order valence-electron chi connectivity index (χ2n) is 4.38. The van der Waals surface area contributed by atoms with E-state index in [2.05, 4.69) is 0 Å². The molecule has 0 saturated heterocycles. The lowest BCUT2D eigenvalue weighted by Gasteiger charge is -2.26. The van der Waals surface area contributed by atoms with Gasteiger partial charge in [-0.3, -0.25) is 19.3 Å². The molecule has 0 spiro atoms. The third-order valence-corrected chi connectivity index (χ3v) is 2.91. The number of nitriles is 1. The first kappa shape index (κ1) is 13.7. The molecule has 2 rings (SSSR count). The SMILES string of the molecule is C[C@H](C#N)OC(=O)CN1C(=O)Cc2ccccc2C1=O. The molecule has 0 aromatic heterocycles. The Morgan fingerprint density at radius 1 is 1.45 bits per heavy atom. The molecule has 6 nitrogen and oxygen atoms in total. The monoisotopic (exact) mass is 272 g/mol. The quantitative estimate of drug-likeness (QED) is 0.596. The van der Waals surface area contributed by atoms with Crippen LogP contribution < -0.4 is 0 Å². The number of imide groups is 1. The van der Waals surface area contributed by atoms with E-state index in [1.807, 2.05) is 0 Å². The van der Waals surface area contributed by atoms with Crippen molar-refractivity contribution in [3.63, 3.8) is 0 Å². The van der Waals surface area contributed by atoms with Crippen molar-refractivity contribution < 1.29 is 19.1 Å². The molecule has 2 amide bonds. The highest BCUT2D eigenvalue weighted by Gasteiger charge is 2.32. The highest BCUT2D eigenvalue weighted by Crippen LogP contribution is 2.19. The van der Waals surface area contributed by atoms with Gasteiger partial charge in [-0.15, -0.1) is 0 Å². The summed E-state index contributed by atoms with van der Waals surface area (Å²) in [5.41, 5.74) is 1.06. The number of esters is 1. The van der Waals surface area contributed by atoms with Crippen LogP contribution in [0.15, 0.2) is 24.3 Å². The summed E-state index contributed by atoms with van der Waals surface area (Å²) in [6.45, 7) is 0.936. The number of benzene rings is 1. The first-order valence-electron chi connectivity index (χ1n) is 6.04. The molecule has 0 radical (unpaired) electrons. The van der Waals surface area contributed by atoms with Gasteiger partial charge in [0, 0.05) is 5.56 Å². The van der Waals surface area contributed by atoms with Gasteiger partial charge < -0.3 is 4.74 Å². The van der Waals surface area contributed by atoms with Gasteiger partial charge in [0.15, 0.2) is 6.10 Å². The molecular weight excluding hydrogens is 260 g/mol. The average Bonchev–Trinajstić information content (AvgIpc) is 2.43. The Hall–Kier alpha value is -2.68. The van der Waals surface area contributed by atoms with Crippen LogP contribution in [0.5, 0.6) is 0 Å². The van der Waals surface area contributed by atoms with E-state index in [0.717, 1.165) is 4.90 Å². The zero-order chi connectivity index (χ0) is 14.7. The van der Waals surface area contributed by atoms with E-state index in [1.165, 1.54) is 6.92 Å². The standard InChI is InChI=1S/C14H12N2O4/c1-9(7-15)20-13(18)8-16-12(17)6-10-4-2-3-5-11(10)14(16)19/h2-5,9H,6,8H2,1H3/t9-/m1/s1. The van der Waals surface area contributed by atoms with Crippen molar-refractivity contribution in [2.24, 2.45) is 0 Å². The Bertz CT molecular complexity index is 618. The molecule has 0 saturated carbocycles. The number of hydrogen-bond acceptors (Lipinski definition) is 5. The normalized spacial score (nSPS) is 15.3. The van der Waals surface area contributed by atoms with E-state index in [1.54, 1.807) is 30.3 Å². The molecule has 1 aliphatic heterocycles. The molecule has 20 heavy (non-hydrogen) atoms. The fourth-order valence-corrected chi connectivity index (χ4v) is 1.95. The maximum Gasteiger partial charge on any atom is 0.327 e. The molecule has 1 aromatic rings. The number of rotatable bonds is 3. The number of nitrogens with zero attached hydrogens (tertiary/aromatic N) is 2. The van der Waals surface area contributed by atoms with Crippen molar-refractivity contribution in [1.82, 2.24) is 4.90 Å². The van der Waals surface area contributed by atoms with E-state index in [-0.39, 0.29) is 6.42 Å². The summed E-state index contributed by atoms with van der Waals surface area (Å²) < 4.78 is 4.74. The number of carbonyl (C=O) groups excluding carboxylic acids is 3. The van der Waals surface area contributed by atoms with E-state index < -0.39 is 30.4 Å². The summed E-state index contributed by atoms with van der Waals surface area (Å²) in [4.78, 5) is 36.5. The largest absolute Gasteiger partial charge is 0.446 e. The average molecular weight is 272 g/mol. The van der Waals surface area contributed by atoms with Crippen LogP contribution in [0.3, 0.4) is 0 Å². The maximum absolute atomic E-state index is 12.2. The van der Waals surface area contributed by atoms with Crippen molar-refractivity contribution in [3.05, 3.63) is 35.4 Å². The highest BCUT2D eigenvalue weighted by atomic mass is 16.5. The molecule has 0 unspecified atom stereocenters. The van der Waals surface area contributed by atoms with Gasteiger partial charge >= 0.3 is 5.97 Å². The molecule has 1 heterocycles. The summed E-state index contributed by atoms with van der Waals surface area (Å²) in [6.07, 6.45) is -0.840. The number of carbonyl (C=O) groups is 3. The maximum atomic E-state index is 12.2. The lowest BCUT2D eigenvalue weighted by Crippen LogP contribution is -2.45. The van der Waals surface area contributed by atoms with E-state index >= 15 is 0 Å². The van der Waals surface area contributed by atoms with Crippen LogP contribution in [-0.2, 0) is 20.7 Å². The van der Waals surface area contributed by atoms with Crippen LogP contribution in [0.25, 0.3) is 0 Å². The Morgan fingerprint density at radius 3 is 2.85 bits per heavy atom. The van der Waals surface area contributed by atoms with Crippen molar-refractivity contribution in [2.45, 2.75) is 19.4 Å². The number of hydrogen-bond donors (Lipinski definition) is 0. The van der Waals surface area contributed by atoms with Gasteiger partial charge in [-0.2, -0.15) is 5.26 Å². The van der Waals surface area contributed by atoms with Crippen molar-refractivity contribution >= 4 is 17.8 Å². The van der Waals surface area contributed by atoms with Crippen LogP contribution >= 0.6 is 0 Å². The summed E-state index contributed by atoms with van der Waals surface area (Å²) in [5.74, 6) is -1.74. The predicted molar refractivity (Wildman–Crippen MR) is 67.4 cm³/mol.